The number of nitro groups is 1. The number of hydrogen-bond acceptors (Lipinski definition) is 5. The minimum Gasteiger partial charge on any atom is -0.258 e. The topological polar surface area (TPSA) is 76.8 Å². The highest BCUT2D eigenvalue weighted by Crippen LogP contribution is 2.20. The Labute approximate surface area is 126 Å². The molecular formula is C16H13N3O3. The van der Waals surface area contributed by atoms with Gasteiger partial charge >= 0.3 is 0 Å². The van der Waals surface area contributed by atoms with Crippen molar-refractivity contribution in [2.24, 2.45) is 4.99 Å². The van der Waals surface area contributed by atoms with Gasteiger partial charge in [0.05, 0.1) is 10.5 Å². The highest BCUT2D eigenvalue weighted by molar-refractivity contribution is 5.98. The zero-order chi connectivity index (χ0) is 15.4. The largest absolute Gasteiger partial charge is 0.276 e. The lowest BCUT2D eigenvalue weighted by molar-refractivity contribution is -0.385. The van der Waals surface area contributed by atoms with Crippen molar-refractivity contribution in [2.75, 3.05) is 0 Å². The molecule has 0 amide bonds. The Morgan fingerprint density at radius 1 is 1.14 bits per heavy atom. The van der Waals surface area contributed by atoms with Crippen molar-refractivity contribution in [3.63, 3.8) is 0 Å². The molecule has 2 aromatic carbocycles. The van der Waals surface area contributed by atoms with Crippen LogP contribution in [0.25, 0.3) is 6.08 Å². The van der Waals surface area contributed by atoms with Crippen LogP contribution in [-0.2, 0) is 4.84 Å². The van der Waals surface area contributed by atoms with Crippen molar-refractivity contribution in [2.45, 2.75) is 6.23 Å². The molecule has 2 aromatic rings. The second-order valence-electron chi connectivity index (χ2n) is 4.63. The van der Waals surface area contributed by atoms with Crippen LogP contribution in [0.3, 0.4) is 0 Å². The average molecular weight is 295 g/mol. The molecule has 0 bridgehead atoms. The molecule has 3 rings (SSSR count). The number of benzene rings is 2. The van der Waals surface area contributed by atoms with Gasteiger partial charge < -0.3 is 0 Å². The summed E-state index contributed by atoms with van der Waals surface area (Å²) in [5.41, 5.74) is 4.25. The van der Waals surface area contributed by atoms with Crippen LogP contribution in [-0.4, -0.2) is 17.0 Å². The quantitative estimate of drug-likeness (QED) is 0.695. The van der Waals surface area contributed by atoms with E-state index in [1.54, 1.807) is 30.4 Å². The van der Waals surface area contributed by atoms with Gasteiger partial charge in [0.15, 0.2) is 12.1 Å². The summed E-state index contributed by atoms with van der Waals surface area (Å²) in [6.07, 6.45) is 2.79. The summed E-state index contributed by atoms with van der Waals surface area (Å²) in [6, 6.07) is 16.1. The maximum atomic E-state index is 11.0. The minimum atomic E-state index is -0.519. The van der Waals surface area contributed by atoms with Crippen LogP contribution in [0.2, 0.25) is 0 Å². The van der Waals surface area contributed by atoms with E-state index < -0.39 is 11.2 Å². The molecule has 0 radical (unpaired) electrons. The highest BCUT2D eigenvalue weighted by Gasteiger charge is 2.17. The number of hydrogen-bond donors (Lipinski definition) is 1. The van der Waals surface area contributed by atoms with E-state index in [0.29, 0.717) is 11.4 Å². The molecule has 0 fully saturated rings. The normalized spacial score (nSPS) is 17.3. The minimum absolute atomic E-state index is 0.0527. The lowest BCUT2D eigenvalue weighted by Crippen LogP contribution is -2.18. The van der Waals surface area contributed by atoms with Gasteiger partial charge in [-0.25, -0.2) is 15.3 Å². The van der Waals surface area contributed by atoms with Gasteiger partial charge in [-0.15, -0.1) is 0 Å². The summed E-state index contributed by atoms with van der Waals surface area (Å²) < 4.78 is 0. The van der Waals surface area contributed by atoms with Gasteiger partial charge in [-0.05, 0) is 18.2 Å². The Bertz CT molecular complexity index is 741. The Morgan fingerprint density at radius 2 is 1.86 bits per heavy atom. The molecular weight excluding hydrogens is 282 g/mol. The zero-order valence-electron chi connectivity index (χ0n) is 11.5. The summed E-state index contributed by atoms with van der Waals surface area (Å²) in [5.74, 6) is 0.637. The summed E-state index contributed by atoms with van der Waals surface area (Å²) in [5, 5.41) is 11.0. The van der Waals surface area contributed by atoms with E-state index >= 15 is 0 Å². The van der Waals surface area contributed by atoms with Crippen LogP contribution in [0.1, 0.15) is 11.1 Å². The van der Waals surface area contributed by atoms with Gasteiger partial charge in [-0.1, -0.05) is 42.5 Å². The molecule has 0 unspecified atom stereocenters. The van der Waals surface area contributed by atoms with Crippen LogP contribution in [0.15, 0.2) is 65.7 Å². The van der Waals surface area contributed by atoms with Gasteiger partial charge in [0.2, 0.25) is 0 Å². The lowest BCUT2D eigenvalue weighted by atomic mass is 10.1. The van der Waals surface area contributed by atoms with E-state index in [1.807, 2.05) is 30.3 Å². The van der Waals surface area contributed by atoms with Crippen molar-refractivity contribution in [3.05, 3.63) is 81.9 Å². The molecule has 1 aliphatic heterocycles. The van der Waals surface area contributed by atoms with Gasteiger partial charge in [0.25, 0.3) is 5.69 Å². The number of nitrogens with one attached hydrogen (secondary N) is 1. The molecule has 6 nitrogen and oxygen atoms in total. The smallest absolute Gasteiger partial charge is 0.258 e. The van der Waals surface area contributed by atoms with Crippen molar-refractivity contribution >= 4 is 17.6 Å². The lowest BCUT2D eigenvalue weighted by Gasteiger charge is -2.00. The fraction of sp³-hybridized carbons (Fsp3) is 0.0625. The number of amidine groups is 1. The van der Waals surface area contributed by atoms with Gasteiger partial charge in [-0.3, -0.25) is 10.1 Å². The van der Waals surface area contributed by atoms with Crippen LogP contribution in [0.5, 0.6) is 0 Å². The van der Waals surface area contributed by atoms with Crippen molar-refractivity contribution in [1.82, 2.24) is 5.48 Å². The van der Waals surface area contributed by atoms with E-state index in [-0.39, 0.29) is 5.69 Å². The van der Waals surface area contributed by atoms with Crippen LogP contribution in [0, 0.1) is 10.1 Å². The van der Waals surface area contributed by atoms with Gasteiger partial charge in [0.1, 0.15) is 0 Å². The number of rotatable bonds is 4. The maximum absolute atomic E-state index is 11.0. The summed E-state index contributed by atoms with van der Waals surface area (Å²) in [4.78, 5) is 20.3. The van der Waals surface area contributed by atoms with Crippen LogP contribution >= 0.6 is 0 Å². The standard InChI is InChI=1S/C16H13N3O3/c20-19(21)14-9-5-4-6-12(14)10-11-15-17-16(18-22-15)13-7-2-1-3-8-13/h1-11,15H,(H,17,18)/b11-10+/t15-/m1/s1. The molecule has 110 valence electrons. The van der Waals surface area contributed by atoms with E-state index in [9.17, 15) is 10.1 Å². The Hall–Kier alpha value is -2.99. The molecule has 0 aliphatic carbocycles. The molecule has 1 atom stereocenters. The van der Waals surface area contributed by atoms with Crippen molar-refractivity contribution in [1.29, 1.82) is 0 Å². The molecule has 0 spiro atoms. The van der Waals surface area contributed by atoms with E-state index in [2.05, 4.69) is 10.5 Å². The third kappa shape index (κ3) is 3.02. The average Bonchev–Trinajstić information content (AvgIpc) is 3.03. The number of hydroxylamine groups is 1. The highest BCUT2D eigenvalue weighted by atomic mass is 16.7. The van der Waals surface area contributed by atoms with E-state index in [4.69, 9.17) is 4.84 Å². The molecule has 1 N–H and O–H groups in total. The Morgan fingerprint density at radius 3 is 2.64 bits per heavy atom. The molecule has 1 heterocycles. The molecule has 0 saturated carbocycles. The SMILES string of the molecule is O=[N+]([O-])c1ccccc1/C=C/[C@@H]1N=C(c2ccccc2)NO1. The number of para-hydroxylation sites is 1. The Balaban J connectivity index is 1.78. The first-order valence-electron chi connectivity index (χ1n) is 6.70. The predicted molar refractivity (Wildman–Crippen MR) is 83.1 cm³/mol. The third-order valence-corrected chi connectivity index (χ3v) is 3.15. The van der Waals surface area contributed by atoms with Gasteiger partial charge in [-0.2, -0.15) is 0 Å². The van der Waals surface area contributed by atoms with Crippen molar-refractivity contribution < 1.29 is 9.76 Å². The monoisotopic (exact) mass is 295 g/mol. The number of aliphatic imine (C=N–C) groups is 1. The van der Waals surface area contributed by atoms with E-state index in [0.717, 1.165) is 5.56 Å². The van der Waals surface area contributed by atoms with Crippen LogP contribution in [0.4, 0.5) is 5.69 Å². The predicted octanol–water partition coefficient (Wildman–Crippen LogP) is 2.92. The fourth-order valence-corrected chi connectivity index (χ4v) is 2.09. The summed E-state index contributed by atoms with van der Waals surface area (Å²) in [7, 11) is 0. The fourth-order valence-electron chi connectivity index (χ4n) is 2.09. The van der Waals surface area contributed by atoms with Gasteiger partial charge in [0, 0.05) is 11.6 Å². The zero-order valence-corrected chi connectivity index (χ0v) is 11.5. The first-order valence-corrected chi connectivity index (χ1v) is 6.70. The second kappa shape index (κ2) is 6.19. The molecule has 22 heavy (non-hydrogen) atoms. The summed E-state index contributed by atoms with van der Waals surface area (Å²) >= 11 is 0. The summed E-state index contributed by atoms with van der Waals surface area (Å²) in [6.45, 7) is 0. The maximum Gasteiger partial charge on any atom is 0.276 e. The Kier molecular flexibility index (Phi) is 3.93. The first kappa shape index (κ1) is 14.0. The molecule has 0 aromatic heterocycles. The molecule has 6 heteroatoms. The van der Waals surface area contributed by atoms with Crippen molar-refractivity contribution in [3.8, 4) is 0 Å². The van der Waals surface area contributed by atoms with E-state index in [1.165, 1.54) is 6.07 Å². The first-order chi connectivity index (χ1) is 10.7. The molecule has 1 aliphatic rings. The number of nitro benzene ring substituents is 1. The molecule has 0 saturated heterocycles. The second-order valence-corrected chi connectivity index (χ2v) is 4.63. The van der Waals surface area contributed by atoms with Crippen LogP contribution < -0.4 is 5.48 Å². The number of nitrogens with zero attached hydrogens (tertiary/aromatic N) is 2. The third-order valence-electron chi connectivity index (χ3n) is 3.15.